The highest BCUT2D eigenvalue weighted by Crippen LogP contribution is 2.28. The van der Waals surface area contributed by atoms with Crippen LogP contribution in [0.4, 0.5) is 0 Å². The maximum absolute atomic E-state index is 2.44. The van der Waals surface area contributed by atoms with Gasteiger partial charge >= 0.3 is 0 Å². The maximum atomic E-state index is 2.44. The normalized spacial score (nSPS) is 14.9. The summed E-state index contributed by atoms with van der Waals surface area (Å²) >= 11 is 0. The first kappa shape index (κ1) is 34.2. The Morgan fingerprint density at radius 1 is 0.469 bits per heavy atom. The van der Waals surface area contributed by atoms with Gasteiger partial charge in [0.15, 0.2) is 0 Å². The van der Waals surface area contributed by atoms with Gasteiger partial charge in [-0.2, -0.15) is 0 Å². The highest BCUT2D eigenvalue weighted by atomic mass is 14.2. The lowest BCUT2D eigenvalue weighted by atomic mass is 9.83. The largest absolute Gasteiger partial charge is 0.0654 e. The fourth-order valence-corrected chi connectivity index (χ4v) is 4.60. The van der Waals surface area contributed by atoms with Crippen LogP contribution in [0, 0.1) is 35.0 Å². The third kappa shape index (κ3) is 26.3. The Morgan fingerprint density at radius 3 is 1.16 bits per heavy atom. The zero-order chi connectivity index (χ0) is 25.0. The Bertz CT molecular complexity index is 364. The summed E-state index contributed by atoms with van der Waals surface area (Å²) in [6, 6.07) is 0. The van der Waals surface area contributed by atoms with Crippen LogP contribution in [0.3, 0.4) is 0 Å². The molecule has 0 rings (SSSR count). The predicted molar refractivity (Wildman–Crippen MR) is 152 cm³/mol. The Labute approximate surface area is 207 Å². The molecule has 0 amide bonds. The van der Waals surface area contributed by atoms with Crippen LogP contribution in [0.2, 0.25) is 0 Å². The summed E-state index contributed by atoms with van der Waals surface area (Å²) in [5.41, 5.74) is 0.567. The molecule has 3 atom stereocenters. The van der Waals surface area contributed by atoms with Crippen molar-refractivity contribution < 1.29 is 0 Å². The van der Waals surface area contributed by atoms with Crippen LogP contribution in [0.25, 0.3) is 0 Å². The fraction of sp³-hybridized carbons (Fsp3) is 1.00. The lowest BCUT2D eigenvalue weighted by Gasteiger charge is -2.23. The second kappa shape index (κ2) is 21.5. The molecule has 3 unspecified atom stereocenters. The summed E-state index contributed by atoms with van der Waals surface area (Å²) in [5, 5.41) is 0. The topological polar surface area (TPSA) is 0 Å². The van der Waals surface area contributed by atoms with Crippen molar-refractivity contribution in [1.29, 1.82) is 0 Å². The van der Waals surface area contributed by atoms with Gasteiger partial charge < -0.3 is 0 Å². The minimum atomic E-state index is 0.567. The second-order valence-electron chi connectivity index (χ2n) is 13.1. The van der Waals surface area contributed by atoms with Gasteiger partial charge in [-0.1, -0.05) is 166 Å². The van der Waals surface area contributed by atoms with Gasteiger partial charge in [0.2, 0.25) is 0 Å². The summed E-state index contributed by atoms with van der Waals surface area (Å²) in [6.07, 6.45) is 21.2. The van der Waals surface area contributed by atoms with E-state index in [2.05, 4.69) is 76.2 Å². The average Bonchev–Trinajstić information content (AvgIpc) is 2.68. The van der Waals surface area contributed by atoms with E-state index >= 15 is 0 Å². The molecule has 0 aliphatic carbocycles. The van der Waals surface area contributed by atoms with Crippen molar-refractivity contribution in [2.24, 2.45) is 35.0 Å². The van der Waals surface area contributed by atoms with Gasteiger partial charge in [-0.3, -0.25) is 0 Å². The molecule has 0 spiro atoms. The van der Waals surface area contributed by atoms with Gasteiger partial charge in [0.25, 0.3) is 0 Å². The molecule has 196 valence electrons. The summed E-state index contributed by atoms with van der Waals surface area (Å²) in [4.78, 5) is 0. The van der Waals surface area contributed by atoms with E-state index in [1.807, 2.05) is 0 Å². The molecule has 0 nitrogen and oxygen atoms in total. The monoisotopic (exact) mass is 453 g/mol. The third-order valence-electron chi connectivity index (χ3n) is 7.64. The molecular weight excluding hydrogens is 384 g/mol. The Hall–Kier alpha value is 0. The zero-order valence-electron chi connectivity index (χ0n) is 25.0. The van der Waals surface area contributed by atoms with E-state index in [9.17, 15) is 0 Å². The van der Waals surface area contributed by atoms with E-state index < -0.39 is 0 Å². The molecule has 0 saturated heterocycles. The molecule has 0 radical (unpaired) electrons. The Morgan fingerprint density at radius 2 is 0.812 bits per heavy atom. The second-order valence-corrected chi connectivity index (χ2v) is 13.1. The minimum Gasteiger partial charge on any atom is -0.0654 e. The average molecular weight is 453 g/mol. The van der Waals surface area contributed by atoms with Crippen molar-refractivity contribution in [2.45, 2.75) is 172 Å². The first-order chi connectivity index (χ1) is 14.9. The first-order valence-electron chi connectivity index (χ1n) is 14.9. The van der Waals surface area contributed by atoms with Gasteiger partial charge in [0.05, 0.1) is 0 Å². The highest BCUT2D eigenvalue weighted by Gasteiger charge is 2.15. The highest BCUT2D eigenvalue weighted by molar-refractivity contribution is 4.67. The van der Waals surface area contributed by atoms with Crippen LogP contribution < -0.4 is 0 Å². The molecule has 0 heteroatoms. The molecule has 0 saturated carbocycles. The van der Waals surface area contributed by atoms with E-state index in [0.29, 0.717) is 5.41 Å². The van der Waals surface area contributed by atoms with E-state index in [-0.39, 0.29) is 0 Å². The smallest absolute Gasteiger partial charge is 0.0357 e. The summed E-state index contributed by atoms with van der Waals surface area (Å²) in [6.45, 7) is 26.0. The zero-order valence-corrected chi connectivity index (χ0v) is 25.0. The molecule has 0 aromatic rings. The quantitative estimate of drug-likeness (QED) is 0.183. The van der Waals surface area contributed by atoms with E-state index in [0.717, 1.165) is 29.6 Å². The van der Waals surface area contributed by atoms with Gasteiger partial charge in [-0.25, -0.2) is 0 Å². The fourth-order valence-electron chi connectivity index (χ4n) is 4.60. The Balaban J connectivity index is 0. The summed E-state index contributed by atoms with van der Waals surface area (Å²) in [7, 11) is 0. The SMILES string of the molecule is CCC(C)(C)CCCC(C)CCCC(C)C.CCCC(C)CCCC(C)CCCC(C)C. The van der Waals surface area contributed by atoms with Crippen molar-refractivity contribution in [2.75, 3.05) is 0 Å². The summed E-state index contributed by atoms with van der Waals surface area (Å²) < 4.78 is 0. The predicted octanol–water partition coefficient (Wildman–Crippen LogP) is 12.1. The van der Waals surface area contributed by atoms with Gasteiger partial charge in [0, 0.05) is 0 Å². The van der Waals surface area contributed by atoms with Crippen LogP contribution in [0.5, 0.6) is 0 Å². The van der Waals surface area contributed by atoms with Crippen LogP contribution in [-0.2, 0) is 0 Å². The van der Waals surface area contributed by atoms with Gasteiger partial charge in [-0.05, 0) is 41.4 Å². The third-order valence-corrected chi connectivity index (χ3v) is 7.64. The van der Waals surface area contributed by atoms with Crippen molar-refractivity contribution in [3.05, 3.63) is 0 Å². The van der Waals surface area contributed by atoms with E-state index in [4.69, 9.17) is 0 Å². The molecule has 0 heterocycles. The molecule has 0 aromatic carbocycles. The number of hydrogen-bond acceptors (Lipinski definition) is 0. The molecule has 0 bridgehead atoms. The van der Waals surface area contributed by atoms with Gasteiger partial charge in [0.1, 0.15) is 0 Å². The van der Waals surface area contributed by atoms with Crippen molar-refractivity contribution >= 4 is 0 Å². The van der Waals surface area contributed by atoms with E-state index in [1.54, 1.807) is 0 Å². The van der Waals surface area contributed by atoms with Crippen LogP contribution >= 0.6 is 0 Å². The molecule has 0 aliphatic rings. The molecule has 0 aliphatic heterocycles. The molecule has 0 N–H and O–H groups in total. The molecular formula is C32H68. The number of hydrogen-bond donors (Lipinski definition) is 0. The minimum absolute atomic E-state index is 0.567. The summed E-state index contributed by atoms with van der Waals surface area (Å²) in [5.74, 6) is 4.61. The van der Waals surface area contributed by atoms with Crippen LogP contribution in [-0.4, -0.2) is 0 Å². The maximum Gasteiger partial charge on any atom is -0.0357 e. The standard InChI is InChI=1S/2C16H34/c1-7-16(5,6)13-9-12-15(4)11-8-10-14(2)3;1-6-9-15(4)12-8-13-16(5)11-7-10-14(2)3/h14-15H,7-13H2,1-6H3;14-16H,6-13H2,1-5H3. The number of rotatable bonds is 19. The van der Waals surface area contributed by atoms with Gasteiger partial charge in [-0.15, -0.1) is 0 Å². The Kier molecular flexibility index (Phi) is 23.0. The van der Waals surface area contributed by atoms with E-state index in [1.165, 1.54) is 96.3 Å². The lowest BCUT2D eigenvalue weighted by molar-refractivity contribution is 0.294. The van der Waals surface area contributed by atoms with Crippen molar-refractivity contribution in [3.8, 4) is 0 Å². The van der Waals surface area contributed by atoms with Crippen LogP contribution in [0.15, 0.2) is 0 Å². The first-order valence-corrected chi connectivity index (χ1v) is 14.9. The van der Waals surface area contributed by atoms with Crippen molar-refractivity contribution in [3.63, 3.8) is 0 Å². The molecule has 32 heavy (non-hydrogen) atoms. The molecule has 0 aromatic heterocycles. The molecule has 0 fully saturated rings. The lowest BCUT2D eigenvalue weighted by Crippen LogP contribution is -2.09. The van der Waals surface area contributed by atoms with Crippen molar-refractivity contribution in [1.82, 2.24) is 0 Å². The van der Waals surface area contributed by atoms with Crippen LogP contribution in [0.1, 0.15) is 172 Å².